The van der Waals surface area contributed by atoms with Gasteiger partial charge in [0.15, 0.2) is 6.10 Å². The molecule has 0 heterocycles. The molecule has 382 valence electrons. The number of carbonyl (C=O) groups is 3. The number of unbranched alkanes of at least 4 members (excludes halogenated alkanes) is 22. The minimum absolute atomic E-state index is 0.101. The molecule has 0 radical (unpaired) electrons. The normalized spacial score (nSPS) is 12.8. The van der Waals surface area contributed by atoms with Gasteiger partial charge in [-0.15, -0.1) is 0 Å². The Morgan fingerprint density at radius 2 is 0.582 bits per heavy atom. The van der Waals surface area contributed by atoms with Crippen molar-refractivity contribution >= 4 is 17.9 Å². The summed E-state index contributed by atoms with van der Waals surface area (Å²) >= 11 is 0. The number of rotatable bonds is 49. The summed E-state index contributed by atoms with van der Waals surface area (Å²) in [7, 11) is 0. The summed E-state index contributed by atoms with van der Waals surface area (Å²) < 4.78 is 16.8. The molecule has 0 fully saturated rings. The van der Waals surface area contributed by atoms with Crippen LogP contribution in [0.1, 0.15) is 252 Å². The lowest BCUT2D eigenvalue weighted by Gasteiger charge is -2.18. The van der Waals surface area contributed by atoms with Gasteiger partial charge in [0.25, 0.3) is 0 Å². The smallest absolute Gasteiger partial charge is 0.306 e. The van der Waals surface area contributed by atoms with Gasteiger partial charge in [0.1, 0.15) is 13.2 Å². The van der Waals surface area contributed by atoms with Gasteiger partial charge in [-0.3, -0.25) is 14.4 Å². The van der Waals surface area contributed by atoms with Crippen LogP contribution in [0, 0.1) is 0 Å². The van der Waals surface area contributed by atoms with Gasteiger partial charge in [-0.25, -0.2) is 0 Å². The highest BCUT2D eigenvalue weighted by molar-refractivity contribution is 5.71. The Hall–Kier alpha value is -3.67. The van der Waals surface area contributed by atoms with Crippen molar-refractivity contribution < 1.29 is 28.6 Å². The lowest BCUT2D eigenvalue weighted by molar-refractivity contribution is -0.167. The third-order valence-electron chi connectivity index (χ3n) is 11.6. The number of allylic oxidation sites excluding steroid dienone is 16. The van der Waals surface area contributed by atoms with Crippen LogP contribution in [0.15, 0.2) is 97.2 Å². The molecule has 0 unspecified atom stereocenters. The van der Waals surface area contributed by atoms with Gasteiger partial charge in [0, 0.05) is 19.3 Å². The molecule has 0 saturated heterocycles. The van der Waals surface area contributed by atoms with Crippen molar-refractivity contribution in [3.63, 3.8) is 0 Å². The van der Waals surface area contributed by atoms with Crippen molar-refractivity contribution in [1.82, 2.24) is 0 Å². The van der Waals surface area contributed by atoms with Gasteiger partial charge in [-0.05, 0) is 116 Å². The lowest BCUT2D eigenvalue weighted by atomic mass is 10.1. The minimum Gasteiger partial charge on any atom is -0.462 e. The van der Waals surface area contributed by atoms with E-state index in [4.69, 9.17) is 14.2 Å². The molecule has 0 aliphatic rings. The number of hydrogen-bond donors (Lipinski definition) is 0. The molecule has 0 aromatic heterocycles. The van der Waals surface area contributed by atoms with Gasteiger partial charge in [0.2, 0.25) is 0 Å². The molecule has 1 atom stereocenters. The highest BCUT2D eigenvalue weighted by Gasteiger charge is 2.19. The van der Waals surface area contributed by atoms with E-state index in [1.54, 1.807) is 0 Å². The topological polar surface area (TPSA) is 78.9 Å². The molecule has 0 amide bonds. The Morgan fingerprint density at radius 3 is 0.955 bits per heavy atom. The van der Waals surface area contributed by atoms with E-state index in [1.807, 2.05) is 0 Å². The van der Waals surface area contributed by atoms with Gasteiger partial charge >= 0.3 is 17.9 Å². The maximum atomic E-state index is 12.8. The molecule has 0 aliphatic heterocycles. The van der Waals surface area contributed by atoms with E-state index in [1.165, 1.54) is 89.9 Å². The molecule has 0 spiro atoms. The molecule has 6 nitrogen and oxygen atoms in total. The summed E-state index contributed by atoms with van der Waals surface area (Å²) in [5.74, 6) is -0.960. The molecule has 0 rings (SSSR count). The van der Waals surface area contributed by atoms with Gasteiger partial charge in [0.05, 0.1) is 0 Å². The monoisotopic (exact) mass is 931 g/mol. The first-order valence-corrected chi connectivity index (χ1v) is 27.7. The lowest BCUT2D eigenvalue weighted by Crippen LogP contribution is -2.30. The molecular weight excluding hydrogens is 829 g/mol. The molecule has 0 aromatic rings. The summed E-state index contributed by atoms with van der Waals surface area (Å²) in [6.45, 7) is 6.36. The van der Waals surface area contributed by atoms with E-state index in [2.05, 4.69) is 118 Å². The van der Waals surface area contributed by atoms with Gasteiger partial charge in [-0.1, -0.05) is 214 Å². The summed E-state index contributed by atoms with van der Waals surface area (Å²) in [5, 5.41) is 0. The van der Waals surface area contributed by atoms with Crippen molar-refractivity contribution in [2.24, 2.45) is 0 Å². The standard InChI is InChI=1S/C61H102O6/c1-4-7-10-13-16-19-22-25-28-29-30-31-34-37-40-43-46-49-52-55-61(64)67-58(56-65-59(62)53-50-47-44-41-38-35-32-26-23-20-17-14-11-8-5-2)57-66-60(63)54-51-48-45-42-39-36-33-27-24-21-18-15-12-9-6-3/h8-9,11-12,17-18,20-21,25-28,32-33,38,41,58H,4-7,10,13-16,19,22-24,29-31,34-37,39-40,42-57H2,1-3H3/b11-8-,12-9-,20-17-,21-18-,28-25-,32-26-,33-27-,41-38-/t58-/m1/s1. The highest BCUT2D eigenvalue weighted by Crippen LogP contribution is 2.14. The molecule has 67 heavy (non-hydrogen) atoms. The zero-order chi connectivity index (χ0) is 48.6. The quantitative estimate of drug-likeness (QED) is 0.0262. The van der Waals surface area contributed by atoms with Crippen LogP contribution in [-0.2, 0) is 28.6 Å². The predicted octanol–water partition coefficient (Wildman–Crippen LogP) is 18.5. The van der Waals surface area contributed by atoms with Crippen molar-refractivity contribution in [2.45, 2.75) is 258 Å². The first-order valence-electron chi connectivity index (χ1n) is 27.7. The largest absolute Gasteiger partial charge is 0.462 e. The van der Waals surface area contributed by atoms with Gasteiger partial charge < -0.3 is 14.2 Å². The average Bonchev–Trinajstić information content (AvgIpc) is 3.33. The Labute approximate surface area is 413 Å². The average molecular weight is 931 g/mol. The van der Waals surface area contributed by atoms with Crippen LogP contribution in [0.5, 0.6) is 0 Å². The molecule has 0 aliphatic carbocycles. The van der Waals surface area contributed by atoms with E-state index >= 15 is 0 Å². The van der Waals surface area contributed by atoms with E-state index < -0.39 is 6.10 Å². The second-order valence-electron chi connectivity index (χ2n) is 18.1. The summed E-state index contributed by atoms with van der Waals surface area (Å²) in [5.41, 5.74) is 0. The maximum absolute atomic E-state index is 12.8. The van der Waals surface area contributed by atoms with Crippen molar-refractivity contribution in [3.05, 3.63) is 97.2 Å². The van der Waals surface area contributed by atoms with Crippen LogP contribution >= 0.6 is 0 Å². The third-order valence-corrected chi connectivity index (χ3v) is 11.6. The zero-order valence-corrected chi connectivity index (χ0v) is 43.6. The fourth-order valence-electron chi connectivity index (χ4n) is 7.44. The fraction of sp³-hybridized carbons (Fsp3) is 0.689. The van der Waals surface area contributed by atoms with Crippen LogP contribution in [-0.4, -0.2) is 37.2 Å². The summed E-state index contributed by atoms with van der Waals surface area (Å²) in [6, 6.07) is 0. The number of hydrogen-bond acceptors (Lipinski definition) is 6. The SMILES string of the molecule is CC/C=C\C/C=C\C/C=C\C/C=C\CCCCC(=O)OC[C@H](COC(=O)CCCCCCC/C=C\C/C=C\C/C=C\CC)OC(=O)CCCCCCCCCCC/C=C\CCCCCCCC. The number of carbonyl (C=O) groups excluding carboxylic acids is 3. The van der Waals surface area contributed by atoms with Crippen LogP contribution in [0.25, 0.3) is 0 Å². The van der Waals surface area contributed by atoms with Crippen molar-refractivity contribution in [3.8, 4) is 0 Å². The summed E-state index contributed by atoms with van der Waals surface area (Å²) in [6.07, 6.45) is 72.5. The summed E-state index contributed by atoms with van der Waals surface area (Å²) in [4.78, 5) is 38.1. The molecule has 0 N–H and O–H groups in total. The number of ether oxygens (including phenoxy) is 3. The highest BCUT2D eigenvalue weighted by atomic mass is 16.6. The fourth-order valence-corrected chi connectivity index (χ4v) is 7.44. The Balaban J connectivity index is 4.46. The molecule has 0 saturated carbocycles. The molecule has 0 aromatic carbocycles. The van der Waals surface area contributed by atoms with Gasteiger partial charge in [-0.2, -0.15) is 0 Å². The van der Waals surface area contributed by atoms with E-state index in [-0.39, 0.29) is 31.1 Å². The predicted molar refractivity (Wildman–Crippen MR) is 288 cm³/mol. The molecule has 6 heteroatoms. The third kappa shape index (κ3) is 53.2. The van der Waals surface area contributed by atoms with Crippen LogP contribution in [0.3, 0.4) is 0 Å². The zero-order valence-electron chi connectivity index (χ0n) is 43.6. The second-order valence-corrected chi connectivity index (χ2v) is 18.1. The van der Waals surface area contributed by atoms with Crippen LogP contribution < -0.4 is 0 Å². The Bertz CT molecular complexity index is 1350. The molecular formula is C61H102O6. The second kappa shape index (κ2) is 54.9. The first kappa shape index (κ1) is 63.3. The number of esters is 3. The van der Waals surface area contributed by atoms with Crippen LogP contribution in [0.2, 0.25) is 0 Å². The van der Waals surface area contributed by atoms with E-state index in [0.717, 1.165) is 122 Å². The van der Waals surface area contributed by atoms with E-state index in [0.29, 0.717) is 19.3 Å². The minimum atomic E-state index is -0.804. The Kier molecular flexibility index (Phi) is 51.9. The van der Waals surface area contributed by atoms with Crippen molar-refractivity contribution in [1.29, 1.82) is 0 Å². The molecule has 0 bridgehead atoms. The maximum Gasteiger partial charge on any atom is 0.306 e. The first-order chi connectivity index (χ1) is 33.0. The van der Waals surface area contributed by atoms with Crippen LogP contribution in [0.4, 0.5) is 0 Å². The van der Waals surface area contributed by atoms with E-state index in [9.17, 15) is 14.4 Å². The van der Waals surface area contributed by atoms with Crippen molar-refractivity contribution in [2.75, 3.05) is 13.2 Å². The Morgan fingerprint density at radius 1 is 0.313 bits per heavy atom.